The maximum atomic E-state index is 13.2. The number of amides is 1. The number of methoxy groups -OCH3 is 1. The average Bonchev–Trinajstić information content (AvgIpc) is 2.90. The minimum atomic E-state index is -0.702. The van der Waals surface area contributed by atoms with E-state index in [-0.39, 0.29) is 34.3 Å². The van der Waals surface area contributed by atoms with Gasteiger partial charge in [-0.05, 0) is 56.3 Å². The van der Waals surface area contributed by atoms with E-state index >= 15 is 0 Å². The van der Waals surface area contributed by atoms with Gasteiger partial charge in [-0.2, -0.15) is 9.78 Å². The highest BCUT2D eigenvalue weighted by Gasteiger charge is 2.23. The Hall–Kier alpha value is -5.17. The normalized spacial score (nSPS) is 11.1. The number of amidine groups is 1. The maximum absolute atomic E-state index is 13.2. The summed E-state index contributed by atoms with van der Waals surface area (Å²) < 4.78 is 25.4. The van der Waals surface area contributed by atoms with Crippen molar-refractivity contribution in [1.82, 2.24) is 25.1 Å². The zero-order valence-electron chi connectivity index (χ0n) is 21.9. The topological polar surface area (TPSA) is 170 Å². The van der Waals surface area contributed by atoms with Crippen LogP contribution in [0.3, 0.4) is 0 Å². The molecule has 4 aromatic rings. The molecular formula is C27H27FN8O4. The molecule has 0 aliphatic carbocycles. The van der Waals surface area contributed by atoms with Crippen LogP contribution < -0.4 is 26.7 Å². The second kappa shape index (κ2) is 11.7. The molecule has 0 saturated carbocycles. The van der Waals surface area contributed by atoms with Gasteiger partial charge in [0.05, 0.1) is 24.0 Å². The Bertz CT molecular complexity index is 1590. The quantitative estimate of drug-likeness (QED) is 0.182. The number of hydrogen-bond donors (Lipinski definition) is 4. The number of nitrogens with two attached hydrogens (primary N) is 1. The second-order valence-corrected chi connectivity index (χ2v) is 9.26. The highest BCUT2D eigenvalue weighted by molar-refractivity contribution is 6.04. The van der Waals surface area contributed by atoms with Crippen molar-refractivity contribution < 1.29 is 18.7 Å². The molecule has 0 unspecified atom stereocenters. The van der Waals surface area contributed by atoms with Crippen LogP contribution in [0.2, 0.25) is 0 Å². The van der Waals surface area contributed by atoms with Gasteiger partial charge in [-0.3, -0.25) is 15.0 Å². The van der Waals surface area contributed by atoms with Crippen molar-refractivity contribution >= 4 is 23.4 Å². The Balaban J connectivity index is 1.49. The minimum absolute atomic E-state index is 0.00290. The Morgan fingerprint density at radius 1 is 1.10 bits per heavy atom. The molecule has 0 aliphatic heterocycles. The average molecular weight is 547 g/mol. The zero-order chi connectivity index (χ0) is 28.9. The molecule has 0 fully saturated rings. The standard InChI is InChI=1S/C27H27FN8O4/c1-27(2,15-39-3)35-24(30)22-20(11-12-31-23(22)29)40-18-8-9-21(32-14-18)34-25(37)19-10-13-33-36(26(19)38)17-6-4-16(28)5-7-17/h4-14H,15H2,1-3H3,(H2,29,31)(H2,30,35)(H,32,34,37). The predicted octanol–water partition coefficient (Wildman–Crippen LogP) is 3.13. The summed E-state index contributed by atoms with van der Waals surface area (Å²) in [6.07, 6.45) is 4.12. The fourth-order valence-corrected chi connectivity index (χ4v) is 3.77. The van der Waals surface area contributed by atoms with Gasteiger partial charge in [0.2, 0.25) is 0 Å². The van der Waals surface area contributed by atoms with Crippen LogP contribution in [0.4, 0.5) is 16.0 Å². The van der Waals surface area contributed by atoms with Gasteiger partial charge in [0.15, 0.2) is 0 Å². The number of anilines is 2. The molecule has 1 amide bonds. The van der Waals surface area contributed by atoms with E-state index in [1.807, 2.05) is 13.8 Å². The first-order chi connectivity index (χ1) is 19.1. The fraction of sp³-hybridized carbons (Fsp3) is 0.185. The third-order valence-electron chi connectivity index (χ3n) is 5.53. The third-order valence-corrected chi connectivity index (χ3v) is 5.53. The van der Waals surface area contributed by atoms with Crippen LogP contribution in [0, 0.1) is 11.2 Å². The maximum Gasteiger partial charge on any atom is 0.284 e. The molecule has 4 rings (SSSR count). The second-order valence-electron chi connectivity index (χ2n) is 9.26. The Morgan fingerprint density at radius 2 is 1.85 bits per heavy atom. The van der Waals surface area contributed by atoms with Gasteiger partial charge in [0.1, 0.15) is 45.9 Å². The van der Waals surface area contributed by atoms with Crippen molar-refractivity contribution in [3.63, 3.8) is 0 Å². The number of benzene rings is 1. The van der Waals surface area contributed by atoms with E-state index in [1.54, 1.807) is 19.2 Å². The number of carbonyl (C=O) groups excluding carboxylic acids is 1. The Labute approximate surface area is 228 Å². The summed E-state index contributed by atoms with van der Waals surface area (Å²) in [4.78, 5) is 33.9. The molecule has 5 N–H and O–H groups in total. The first kappa shape index (κ1) is 27.9. The molecular weight excluding hydrogens is 519 g/mol. The predicted molar refractivity (Wildman–Crippen MR) is 147 cm³/mol. The molecule has 206 valence electrons. The molecule has 1 aromatic carbocycles. The number of ether oxygens (including phenoxy) is 2. The number of nitrogen functional groups attached to an aromatic ring is 1. The monoisotopic (exact) mass is 546 g/mol. The Kier molecular flexibility index (Phi) is 8.15. The molecule has 0 aliphatic rings. The van der Waals surface area contributed by atoms with Gasteiger partial charge in [-0.25, -0.2) is 14.4 Å². The van der Waals surface area contributed by atoms with Crippen molar-refractivity contribution in [2.24, 2.45) is 0 Å². The minimum Gasteiger partial charge on any atom is -0.455 e. The van der Waals surface area contributed by atoms with Crippen LogP contribution in [0.1, 0.15) is 29.8 Å². The highest BCUT2D eigenvalue weighted by Crippen LogP contribution is 2.28. The summed E-state index contributed by atoms with van der Waals surface area (Å²) in [7, 11) is 1.57. The van der Waals surface area contributed by atoms with E-state index in [0.29, 0.717) is 18.0 Å². The summed E-state index contributed by atoms with van der Waals surface area (Å²) >= 11 is 0. The van der Waals surface area contributed by atoms with E-state index in [4.69, 9.17) is 20.6 Å². The van der Waals surface area contributed by atoms with Gasteiger partial charge >= 0.3 is 0 Å². The van der Waals surface area contributed by atoms with Crippen LogP contribution in [0.5, 0.6) is 11.5 Å². The van der Waals surface area contributed by atoms with Crippen LogP contribution in [-0.4, -0.2) is 50.7 Å². The molecule has 12 nitrogen and oxygen atoms in total. The number of nitrogens with zero attached hydrogens (tertiary/aromatic N) is 4. The van der Waals surface area contributed by atoms with Gasteiger partial charge in [-0.1, -0.05) is 0 Å². The molecule has 0 spiro atoms. The number of nitrogens with one attached hydrogen (secondary N) is 3. The zero-order valence-corrected chi connectivity index (χ0v) is 21.9. The summed E-state index contributed by atoms with van der Waals surface area (Å²) in [5.41, 5.74) is 5.21. The van der Waals surface area contributed by atoms with Gasteiger partial charge in [0, 0.05) is 25.6 Å². The molecule has 0 atom stereocenters. The largest absolute Gasteiger partial charge is 0.455 e. The summed E-state index contributed by atoms with van der Waals surface area (Å²) in [5.74, 6) is -0.328. The first-order valence-electron chi connectivity index (χ1n) is 12.0. The number of hydrogen-bond acceptors (Lipinski definition) is 9. The molecule has 0 bridgehead atoms. The number of pyridine rings is 2. The van der Waals surface area contributed by atoms with Crippen LogP contribution in [-0.2, 0) is 4.74 Å². The summed E-state index contributed by atoms with van der Waals surface area (Å²) in [6, 6.07) is 11.0. The number of halogens is 1. The molecule has 3 heterocycles. The Morgan fingerprint density at radius 3 is 2.52 bits per heavy atom. The molecule has 40 heavy (non-hydrogen) atoms. The van der Waals surface area contributed by atoms with Crippen molar-refractivity contribution in [1.29, 1.82) is 5.41 Å². The number of rotatable bonds is 9. The SMILES string of the molecule is COCC(C)(C)NC(=N)c1c(Oc2ccc(NC(=O)c3ccnn(-c4ccc(F)cc4)c3=O)nc2)ccnc1N. The lowest BCUT2D eigenvalue weighted by Gasteiger charge is -2.27. The van der Waals surface area contributed by atoms with Crippen LogP contribution in [0.25, 0.3) is 5.69 Å². The van der Waals surface area contributed by atoms with E-state index in [2.05, 4.69) is 25.7 Å². The van der Waals surface area contributed by atoms with Gasteiger partial charge < -0.3 is 25.8 Å². The van der Waals surface area contributed by atoms with Crippen molar-refractivity contribution in [3.05, 3.63) is 94.4 Å². The molecule has 13 heteroatoms. The van der Waals surface area contributed by atoms with Crippen molar-refractivity contribution in [3.8, 4) is 17.2 Å². The lowest BCUT2D eigenvalue weighted by molar-refractivity contribution is 0.102. The van der Waals surface area contributed by atoms with Crippen molar-refractivity contribution in [2.45, 2.75) is 19.4 Å². The lowest BCUT2D eigenvalue weighted by Crippen LogP contribution is -2.47. The van der Waals surface area contributed by atoms with E-state index in [9.17, 15) is 14.0 Å². The molecule has 3 aromatic heterocycles. The summed E-state index contributed by atoms with van der Waals surface area (Å²) in [5, 5.41) is 18.1. The van der Waals surface area contributed by atoms with Gasteiger partial charge in [-0.15, -0.1) is 0 Å². The molecule has 0 radical (unpaired) electrons. The smallest absolute Gasteiger partial charge is 0.284 e. The fourth-order valence-electron chi connectivity index (χ4n) is 3.77. The van der Waals surface area contributed by atoms with Crippen molar-refractivity contribution in [2.75, 3.05) is 24.8 Å². The van der Waals surface area contributed by atoms with E-state index in [1.165, 1.54) is 55.0 Å². The number of aromatic nitrogens is 4. The number of carbonyl (C=O) groups is 1. The first-order valence-corrected chi connectivity index (χ1v) is 12.0. The lowest BCUT2D eigenvalue weighted by atomic mass is 10.1. The van der Waals surface area contributed by atoms with E-state index < -0.39 is 22.8 Å². The molecule has 0 saturated heterocycles. The highest BCUT2D eigenvalue weighted by atomic mass is 19.1. The van der Waals surface area contributed by atoms with E-state index in [0.717, 1.165) is 4.68 Å². The van der Waals surface area contributed by atoms with Crippen LogP contribution >= 0.6 is 0 Å². The summed E-state index contributed by atoms with van der Waals surface area (Å²) in [6.45, 7) is 4.10. The van der Waals surface area contributed by atoms with Gasteiger partial charge in [0.25, 0.3) is 11.5 Å². The van der Waals surface area contributed by atoms with Crippen LogP contribution in [0.15, 0.2) is 71.9 Å². The third kappa shape index (κ3) is 6.45.